The zero-order chi connectivity index (χ0) is 24.5. The fourth-order valence-corrected chi connectivity index (χ4v) is 4.14. The summed E-state index contributed by atoms with van der Waals surface area (Å²) in [5, 5.41) is 5.99. The van der Waals surface area contributed by atoms with Crippen molar-refractivity contribution >= 4 is 35.0 Å². The molecule has 0 bridgehead atoms. The van der Waals surface area contributed by atoms with Crippen LogP contribution in [-0.4, -0.2) is 52.0 Å². The molecule has 10 heteroatoms. The van der Waals surface area contributed by atoms with Crippen molar-refractivity contribution in [2.24, 2.45) is 5.92 Å². The van der Waals surface area contributed by atoms with Gasteiger partial charge in [-0.25, -0.2) is 14.2 Å². The van der Waals surface area contributed by atoms with Crippen LogP contribution in [0.25, 0.3) is 11.3 Å². The molecule has 0 unspecified atom stereocenters. The lowest BCUT2D eigenvalue weighted by Crippen LogP contribution is -2.39. The van der Waals surface area contributed by atoms with E-state index in [9.17, 15) is 18.8 Å². The molecule has 1 aliphatic carbocycles. The average molecular weight is 477 g/mol. The second kappa shape index (κ2) is 9.21. The molecule has 1 aromatic carbocycles. The molecule has 1 saturated carbocycles. The fourth-order valence-electron chi connectivity index (χ4n) is 4.14. The third-order valence-corrected chi connectivity index (χ3v) is 5.96. The first-order valence-electron chi connectivity index (χ1n) is 11.4. The second-order valence-corrected chi connectivity index (χ2v) is 8.47. The van der Waals surface area contributed by atoms with Crippen LogP contribution in [0.4, 0.5) is 26.4 Å². The number of rotatable bonds is 6. The minimum absolute atomic E-state index is 0.101. The number of alkyl halides is 1. The van der Waals surface area contributed by atoms with Gasteiger partial charge in [-0.1, -0.05) is 18.2 Å². The fraction of sp³-hybridized carbons (Fsp3) is 0.280. The van der Waals surface area contributed by atoms with Crippen molar-refractivity contribution in [2.45, 2.75) is 26.1 Å². The minimum atomic E-state index is -1.11. The van der Waals surface area contributed by atoms with Crippen molar-refractivity contribution in [3.8, 4) is 11.3 Å². The highest BCUT2D eigenvalue weighted by molar-refractivity contribution is 6.09. The van der Waals surface area contributed by atoms with Crippen LogP contribution in [0.15, 0.2) is 48.7 Å². The van der Waals surface area contributed by atoms with Crippen molar-refractivity contribution in [1.29, 1.82) is 0 Å². The number of fused-ring (bicyclic) bond motifs is 1. The Balaban J connectivity index is 1.52. The van der Waals surface area contributed by atoms with E-state index in [1.54, 1.807) is 19.1 Å². The summed E-state index contributed by atoms with van der Waals surface area (Å²) in [5.41, 5.74) is 3.64. The number of hydrogen-bond donors (Lipinski definition) is 3. The molecule has 0 saturated heterocycles. The summed E-state index contributed by atoms with van der Waals surface area (Å²) < 4.78 is 18.4. The third-order valence-electron chi connectivity index (χ3n) is 5.96. The Bertz CT molecular complexity index is 1290. The molecule has 9 nitrogen and oxygen atoms in total. The van der Waals surface area contributed by atoms with Gasteiger partial charge in [0.2, 0.25) is 5.91 Å². The number of aromatic amines is 1. The van der Waals surface area contributed by atoms with E-state index in [0.29, 0.717) is 28.2 Å². The Morgan fingerprint density at radius 1 is 1.23 bits per heavy atom. The number of hydrogen-bond acceptors (Lipinski definition) is 6. The first-order valence-corrected chi connectivity index (χ1v) is 11.4. The van der Waals surface area contributed by atoms with E-state index in [-0.39, 0.29) is 37.7 Å². The van der Waals surface area contributed by atoms with Crippen molar-refractivity contribution in [1.82, 2.24) is 14.9 Å². The summed E-state index contributed by atoms with van der Waals surface area (Å²) in [4.78, 5) is 46.5. The highest BCUT2D eigenvalue weighted by Crippen LogP contribution is 2.39. The van der Waals surface area contributed by atoms with Gasteiger partial charge in [-0.15, -0.1) is 0 Å². The van der Waals surface area contributed by atoms with Gasteiger partial charge in [0.1, 0.15) is 12.0 Å². The van der Waals surface area contributed by atoms with E-state index in [1.807, 2.05) is 30.3 Å². The maximum absolute atomic E-state index is 13.3. The Morgan fingerprint density at radius 2 is 2.00 bits per heavy atom. The van der Waals surface area contributed by atoms with Gasteiger partial charge >= 0.3 is 6.09 Å². The smallest absolute Gasteiger partial charge is 0.410 e. The Morgan fingerprint density at radius 3 is 2.71 bits per heavy atom. The Labute approximate surface area is 200 Å². The number of carbonyl (C=O) groups is 3. The van der Waals surface area contributed by atoms with Crippen molar-refractivity contribution in [3.05, 3.63) is 59.9 Å². The van der Waals surface area contributed by atoms with Gasteiger partial charge in [-0.05, 0) is 37.6 Å². The molecular weight excluding hydrogens is 453 g/mol. The van der Waals surface area contributed by atoms with E-state index >= 15 is 0 Å². The molecule has 0 radical (unpaired) electrons. The van der Waals surface area contributed by atoms with Crippen molar-refractivity contribution in [2.75, 3.05) is 23.8 Å². The Hall–Kier alpha value is -4.21. The number of anilines is 3. The molecule has 3 heterocycles. The lowest BCUT2D eigenvalue weighted by atomic mass is 10.0. The quantitative estimate of drug-likeness (QED) is 0.488. The molecular formula is C25H24FN5O4. The number of nitrogens with one attached hydrogen (secondary N) is 3. The maximum Gasteiger partial charge on any atom is 0.410 e. The summed E-state index contributed by atoms with van der Waals surface area (Å²) >= 11 is 0. The van der Waals surface area contributed by atoms with Crippen molar-refractivity contribution in [3.63, 3.8) is 0 Å². The molecule has 0 spiro atoms. The Kier molecular flexibility index (Phi) is 5.94. The van der Waals surface area contributed by atoms with Crippen LogP contribution in [0.1, 0.15) is 29.4 Å². The standard InChI is InChI=1S/C25H24FN5O4/c1-2-35-25(34)31-12-18-21(19(32)13-31)23(28-15-6-4-3-5-7-15)22(29-18)14-8-9-27-20(10-14)30-24(33)16-11-17(16)26/h3-10,16-17,28-29H,2,11-13H2,1H3,(H,27,30,33)/t16-,17+/m1/s1. The number of benzene rings is 1. The van der Waals surface area contributed by atoms with Gasteiger partial charge in [0.25, 0.3) is 0 Å². The average Bonchev–Trinajstić information content (AvgIpc) is 3.48. The lowest BCUT2D eigenvalue weighted by molar-refractivity contribution is -0.117. The zero-order valence-corrected chi connectivity index (χ0v) is 19.0. The van der Waals surface area contributed by atoms with Crippen LogP contribution in [0.3, 0.4) is 0 Å². The van der Waals surface area contributed by atoms with Crippen LogP contribution in [0.5, 0.6) is 0 Å². The summed E-state index contributed by atoms with van der Waals surface area (Å²) in [5.74, 6) is -0.995. The van der Waals surface area contributed by atoms with Crippen LogP contribution in [0, 0.1) is 5.92 Å². The van der Waals surface area contributed by atoms with E-state index in [4.69, 9.17) is 4.74 Å². The topological polar surface area (TPSA) is 116 Å². The summed E-state index contributed by atoms with van der Waals surface area (Å²) in [6, 6.07) is 12.8. The van der Waals surface area contributed by atoms with Gasteiger partial charge in [0, 0.05) is 23.1 Å². The molecule has 1 aliphatic heterocycles. The molecule has 3 aromatic rings. The highest BCUT2D eigenvalue weighted by Gasteiger charge is 2.43. The zero-order valence-electron chi connectivity index (χ0n) is 19.0. The molecule has 1 fully saturated rings. The SMILES string of the molecule is CCOC(=O)N1CC(=O)c2c([nH]c(-c3ccnc(NC(=O)[C@@H]4C[C@@H]4F)c3)c2Nc2ccccc2)C1. The highest BCUT2D eigenvalue weighted by atomic mass is 19.1. The number of H-pyrrole nitrogens is 1. The predicted molar refractivity (Wildman–Crippen MR) is 127 cm³/mol. The van der Waals surface area contributed by atoms with Gasteiger partial charge in [0.05, 0.1) is 42.6 Å². The molecule has 3 N–H and O–H groups in total. The summed E-state index contributed by atoms with van der Waals surface area (Å²) in [7, 11) is 0. The number of aromatic nitrogens is 2. The third kappa shape index (κ3) is 4.59. The van der Waals surface area contributed by atoms with Crippen LogP contribution in [0.2, 0.25) is 0 Å². The number of ketones is 1. The maximum atomic E-state index is 13.3. The molecule has 2 aromatic heterocycles. The number of halogens is 1. The molecule has 5 rings (SSSR count). The second-order valence-electron chi connectivity index (χ2n) is 8.47. The number of para-hydroxylation sites is 1. The van der Waals surface area contributed by atoms with Gasteiger partial charge in [-0.2, -0.15) is 0 Å². The first-order chi connectivity index (χ1) is 16.9. The van der Waals surface area contributed by atoms with Crippen molar-refractivity contribution < 1.29 is 23.5 Å². The monoisotopic (exact) mass is 477 g/mol. The number of pyridine rings is 1. The number of ether oxygens (including phenoxy) is 1. The van der Waals surface area contributed by atoms with E-state index in [0.717, 1.165) is 5.69 Å². The summed E-state index contributed by atoms with van der Waals surface area (Å²) in [6.45, 7) is 2.00. The number of nitrogens with zero attached hydrogens (tertiary/aromatic N) is 2. The van der Waals surface area contributed by atoms with Crippen LogP contribution < -0.4 is 10.6 Å². The minimum Gasteiger partial charge on any atom is -0.450 e. The van der Waals surface area contributed by atoms with E-state index in [1.165, 1.54) is 11.1 Å². The number of carbonyl (C=O) groups excluding carboxylic acids is 3. The van der Waals surface area contributed by atoms with Crippen LogP contribution >= 0.6 is 0 Å². The lowest BCUT2D eigenvalue weighted by Gasteiger charge is -2.25. The van der Waals surface area contributed by atoms with E-state index < -0.39 is 24.1 Å². The molecule has 2 atom stereocenters. The largest absolute Gasteiger partial charge is 0.450 e. The van der Waals surface area contributed by atoms with Gasteiger partial charge in [-0.3, -0.25) is 14.5 Å². The molecule has 180 valence electrons. The first kappa shape index (κ1) is 22.6. The molecule has 2 amide bonds. The summed E-state index contributed by atoms with van der Waals surface area (Å²) in [6.07, 6.45) is 0.0895. The molecule has 2 aliphatic rings. The van der Waals surface area contributed by atoms with Gasteiger partial charge in [0.15, 0.2) is 5.78 Å². The van der Waals surface area contributed by atoms with Crippen LogP contribution in [-0.2, 0) is 16.1 Å². The van der Waals surface area contributed by atoms with Gasteiger partial charge < -0.3 is 20.4 Å². The normalized spacial score (nSPS) is 18.6. The number of Topliss-reactive ketones (excluding diaryl/α,β-unsaturated/α-hetero) is 1. The number of amides is 2. The molecule has 35 heavy (non-hydrogen) atoms. The van der Waals surface area contributed by atoms with E-state index in [2.05, 4.69) is 20.6 Å². The predicted octanol–water partition coefficient (Wildman–Crippen LogP) is 4.27.